The Morgan fingerprint density at radius 3 is 2.00 bits per heavy atom. The van der Waals surface area contributed by atoms with E-state index < -0.39 is 12.0 Å². The number of para-hydroxylation sites is 1. The number of carboxylic acids is 1. The van der Waals surface area contributed by atoms with Crippen molar-refractivity contribution in [3.63, 3.8) is 0 Å². The number of carboxylic acid groups (broad SMARTS) is 1. The van der Waals surface area contributed by atoms with Gasteiger partial charge in [0.05, 0.1) is 0 Å². The van der Waals surface area contributed by atoms with E-state index in [-0.39, 0.29) is 5.91 Å². The van der Waals surface area contributed by atoms with Crippen LogP contribution in [0, 0.1) is 0 Å². The van der Waals surface area contributed by atoms with E-state index in [9.17, 15) is 9.59 Å². The van der Waals surface area contributed by atoms with Gasteiger partial charge in [0.2, 0.25) is 5.91 Å². The van der Waals surface area contributed by atoms with Gasteiger partial charge in [0.25, 0.3) is 0 Å². The standard InChI is InChI=1S/C18H35NO3.C6H5N3O/c1-3-4-5-6-7-8-9-10-11-12-13-14-15-17(20)19-16(2)18(21)22;10-9-6-4-2-1-3-5(6)7-8-9/h16H,3-15H2,1-2H3,(H,19,20)(H,21,22);1-4,10H/t16-;/m0./s1. The van der Waals surface area contributed by atoms with Gasteiger partial charge < -0.3 is 15.6 Å². The fraction of sp³-hybridized carbons (Fsp3) is 0.667. The Hall–Kier alpha value is -2.64. The average molecular weight is 449 g/mol. The maximum atomic E-state index is 11.5. The molecule has 1 atom stereocenters. The SMILES string of the molecule is CCCCCCCCCCCCCCC(=O)N[C@@H](C)C(=O)O.On1nnc2ccccc21. The summed E-state index contributed by atoms with van der Waals surface area (Å²) < 4.78 is 0. The Labute approximate surface area is 191 Å². The zero-order valence-corrected chi connectivity index (χ0v) is 19.6. The van der Waals surface area contributed by atoms with Gasteiger partial charge in [-0.15, -0.1) is 5.10 Å². The molecule has 0 unspecified atom stereocenters. The maximum absolute atomic E-state index is 11.5. The average Bonchev–Trinajstić information content (AvgIpc) is 3.16. The molecule has 180 valence electrons. The van der Waals surface area contributed by atoms with Crippen LogP contribution in [0.5, 0.6) is 0 Å². The molecule has 0 aliphatic carbocycles. The van der Waals surface area contributed by atoms with Gasteiger partial charge in [-0.2, -0.15) is 0 Å². The quantitative estimate of drug-likeness (QED) is 0.250. The van der Waals surface area contributed by atoms with Crippen LogP contribution < -0.4 is 5.32 Å². The zero-order chi connectivity index (χ0) is 23.6. The van der Waals surface area contributed by atoms with E-state index in [1.165, 1.54) is 71.1 Å². The van der Waals surface area contributed by atoms with Crippen molar-refractivity contribution in [2.75, 3.05) is 0 Å². The highest BCUT2D eigenvalue weighted by atomic mass is 16.5. The first-order valence-corrected chi connectivity index (χ1v) is 12.0. The third kappa shape index (κ3) is 12.3. The molecule has 0 saturated carbocycles. The number of fused-ring (bicyclic) bond motifs is 1. The van der Waals surface area contributed by atoms with Crippen molar-refractivity contribution < 1.29 is 19.9 Å². The number of carbonyl (C=O) groups is 2. The number of benzene rings is 1. The molecule has 8 nitrogen and oxygen atoms in total. The first-order chi connectivity index (χ1) is 15.5. The Balaban J connectivity index is 0.000000416. The minimum absolute atomic E-state index is 0.151. The second kappa shape index (κ2) is 17.0. The van der Waals surface area contributed by atoms with Crippen LogP contribution in [0.25, 0.3) is 11.0 Å². The van der Waals surface area contributed by atoms with Crippen molar-refractivity contribution in [3.05, 3.63) is 24.3 Å². The molecule has 3 N–H and O–H groups in total. The van der Waals surface area contributed by atoms with Crippen LogP contribution in [0.2, 0.25) is 0 Å². The van der Waals surface area contributed by atoms with Gasteiger partial charge in [0.1, 0.15) is 17.1 Å². The van der Waals surface area contributed by atoms with Crippen LogP contribution in [0.1, 0.15) is 97.3 Å². The van der Waals surface area contributed by atoms with Crippen molar-refractivity contribution in [1.82, 2.24) is 20.5 Å². The van der Waals surface area contributed by atoms with Crippen LogP contribution in [0.3, 0.4) is 0 Å². The fourth-order valence-electron chi connectivity index (χ4n) is 3.36. The maximum Gasteiger partial charge on any atom is 0.325 e. The number of hydrogen-bond donors (Lipinski definition) is 3. The third-order valence-electron chi connectivity index (χ3n) is 5.34. The molecule has 0 aliphatic rings. The highest BCUT2D eigenvalue weighted by molar-refractivity contribution is 5.83. The number of aromatic nitrogens is 3. The van der Waals surface area contributed by atoms with E-state index in [1.807, 2.05) is 12.1 Å². The van der Waals surface area contributed by atoms with Gasteiger partial charge in [0.15, 0.2) is 0 Å². The normalized spacial score (nSPS) is 11.6. The number of amides is 1. The molecule has 1 heterocycles. The number of unbranched alkanes of at least 4 members (excludes halogenated alkanes) is 11. The summed E-state index contributed by atoms with van der Waals surface area (Å²) in [6, 6.07) is 6.41. The van der Waals surface area contributed by atoms with Gasteiger partial charge >= 0.3 is 5.97 Å². The minimum atomic E-state index is -0.983. The van der Waals surface area contributed by atoms with Crippen molar-refractivity contribution in [3.8, 4) is 0 Å². The molecular weight excluding hydrogens is 408 g/mol. The lowest BCUT2D eigenvalue weighted by molar-refractivity contribution is -0.141. The van der Waals surface area contributed by atoms with Crippen molar-refractivity contribution in [1.29, 1.82) is 0 Å². The molecule has 0 saturated heterocycles. The molecule has 0 spiro atoms. The largest absolute Gasteiger partial charge is 0.480 e. The molecule has 2 aromatic rings. The van der Waals surface area contributed by atoms with E-state index in [0.717, 1.165) is 17.7 Å². The molecule has 32 heavy (non-hydrogen) atoms. The van der Waals surface area contributed by atoms with Crippen LogP contribution in [-0.2, 0) is 9.59 Å². The lowest BCUT2D eigenvalue weighted by Gasteiger charge is -2.08. The van der Waals surface area contributed by atoms with Gasteiger partial charge in [-0.05, 0) is 30.7 Å². The summed E-state index contributed by atoms with van der Waals surface area (Å²) in [6.07, 6.45) is 15.6. The summed E-state index contributed by atoms with van der Waals surface area (Å²) in [5, 5.41) is 27.2. The number of rotatable bonds is 15. The molecule has 0 aliphatic heterocycles. The second-order valence-corrected chi connectivity index (χ2v) is 8.23. The molecule has 1 aromatic carbocycles. The lowest BCUT2D eigenvalue weighted by atomic mass is 10.0. The molecule has 0 radical (unpaired) electrons. The third-order valence-corrected chi connectivity index (χ3v) is 5.34. The number of nitrogens with zero attached hydrogens (tertiary/aromatic N) is 3. The topological polar surface area (TPSA) is 117 Å². The minimum Gasteiger partial charge on any atom is -0.480 e. The van der Waals surface area contributed by atoms with Gasteiger partial charge in [-0.3, -0.25) is 9.59 Å². The first-order valence-electron chi connectivity index (χ1n) is 12.0. The number of aliphatic carboxylic acids is 1. The van der Waals surface area contributed by atoms with E-state index in [1.54, 1.807) is 12.1 Å². The molecule has 8 heteroatoms. The second-order valence-electron chi connectivity index (χ2n) is 8.23. The predicted octanol–water partition coefficient (Wildman–Crippen LogP) is 5.34. The van der Waals surface area contributed by atoms with Crippen molar-refractivity contribution in [2.45, 2.75) is 103 Å². The zero-order valence-electron chi connectivity index (χ0n) is 19.6. The summed E-state index contributed by atoms with van der Waals surface area (Å²) in [6.45, 7) is 3.73. The first kappa shape index (κ1) is 27.4. The van der Waals surface area contributed by atoms with Crippen LogP contribution >= 0.6 is 0 Å². The molecule has 2 rings (SSSR count). The van der Waals surface area contributed by atoms with E-state index in [2.05, 4.69) is 22.6 Å². The van der Waals surface area contributed by atoms with Crippen molar-refractivity contribution in [2.24, 2.45) is 0 Å². The summed E-state index contributed by atoms with van der Waals surface area (Å²) in [5.74, 6) is -1.13. The highest BCUT2D eigenvalue weighted by Crippen LogP contribution is 2.12. The number of carbonyl (C=O) groups excluding carboxylic acids is 1. The Kier molecular flexibility index (Phi) is 14.5. The highest BCUT2D eigenvalue weighted by Gasteiger charge is 2.13. The smallest absolute Gasteiger partial charge is 0.325 e. The Morgan fingerprint density at radius 2 is 1.47 bits per heavy atom. The fourth-order valence-corrected chi connectivity index (χ4v) is 3.36. The van der Waals surface area contributed by atoms with Crippen LogP contribution in [-0.4, -0.2) is 43.4 Å². The van der Waals surface area contributed by atoms with Gasteiger partial charge in [0, 0.05) is 6.42 Å². The summed E-state index contributed by atoms with van der Waals surface area (Å²) in [4.78, 5) is 22.8. The summed E-state index contributed by atoms with van der Waals surface area (Å²) in [5.41, 5.74) is 1.33. The monoisotopic (exact) mass is 448 g/mol. The Morgan fingerprint density at radius 1 is 0.938 bits per heavy atom. The lowest BCUT2D eigenvalue weighted by Crippen LogP contribution is -2.38. The number of hydrogen-bond acceptors (Lipinski definition) is 5. The molecule has 1 aromatic heterocycles. The van der Waals surface area contributed by atoms with Crippen LogP contribution in [0.15, 0.2) is 24.3 Å². The van der Waals surface area contributed by atoms with Crippen LogP contribution in [0.4, 0.5) is 0 Å². The molecule has 1 amide bonds. The molecule has 0 fully saturated rings. The van der Waals surface area contributed by atoms with E-state index >= 15 is 0 Å². The molecular formula is C24H40N4O4. The van der Waals surface area contributed by atoms with E-state index in [4.69, 9.17) is 10.3 Å². The van der Waals surface area contributed by atoms with E-state index in [0.29, 0.717) is 17.5 Å². The number of nitrogens with one attached hydrogen (secondary N) is 1. The van der Waals surface area contributed by atoms with Gasteiger partial charge in [-0.25, -0.2) is 0 Å². The predicted molar refractivity (Wildman–Crippen MR) is 126 cm³/mol. The van der Waals surface area contributed by atoms with Gasteiger partial charge in [-0.1, -0.05) is 94.5 Å². The molecule has 0 bridgehead atoms. The summed E-state index contributed by atoms with van der Waals surface area (Å²) in [7, 11) is 0. The Bertz CT molecular complexity index is 778. The summed E-state index contributed by atoms with van der Waals surface area (Å²) >= 11 is 0. The van der Waals surface area contributed by atoms with Crippen molar-refractivity contribution >= 4 is 22.9 Å².